The lowest BCUT2D eigenvalue weighted by atomic mass is 10.1. The Morgan fingerprint density at radius 1 is 1.33 bits per heavy atom. The van der Waals surface area contributed by atoms with E-state index in [0.717, 1.165) is 23.0 Å². The van der Waals surface area contributed by atoms with E-state index in [1.54, 1.807) is 18.2 Å². The van der Waals surface area contributed by atoms with Crippen LogP contribution >= 0.6 is 46.6 Å². The van der Waals surface area contributed by atoms with Gasteiger partial charge < -0.3 is 9.47 Å². The second-order valence-corrected chi connectivity index (χ2v) is 6.46. The lowest BCUT2D eigenvalue weighted by Gasteiger charge is -2.17. The quantitative estimate of drug-likeness (QED) is 0.806. The summed E-state index contributed by atoms with van der Waals surface area (Å²) in [6.07, 6.45) is 0. The molecule has 1 aromatic carbocycles. The normalized spacial score (nSPS) is 16.2. The topological polar surface area (TPSA) is 59.9 Å². The Morgan fingerprint density at radius 3 is 2.67 bits per heavy atom. The van der Waals surface area contributed by atoms with Crippen molar-refractivity contribution >= 4 is 57.5 Å². The summed E-state index contributed by atoms with van der Waals surface area (Å²) in [6, 6.07) is 5.21. The third kappa shape index (κ3) is 4.32. The highest BCUT2D eigenvalue weighted by Crippen LogP contribution is 2.32. The number of nitrogens with one attached hydrogen (secondary N) is 1. The van der Waals surface area contributed by atoms with Crippen molar-refractivity contribution in [3.05, 3.63) is 23.8 Å². The maximum Gasteiger partial charge on any atom is 0.299 e. The number of halogens is 3. The minimum Gasteiger partial charge on any atom is -0.493 e. The Balaban J connectivity index is 2.22. The first kappa shape index (κ1) is 16.5. The van der Waals surface area contributed by atoms with Crippen molar-refractivity contribution in [2.45, 2.75) is 10.4 Å². The van der Waals surface area contributed by atoms with E-state index in [4.69, 9.17) is 44.3 Å². The van der Waals surface area contributed by atoms with Crippen LogP contribution in [-0.4, -0.2) is 34.2 Å². The maximum atomic E-state index is 11.1. The number of carbonyl (C=O) groups is 1. The Bertz CT molecular complexity index is 569. The number of benzene rings is 1. The molecule has 0 saturated heterocycles. The molecule has 1 N–H and O–H groups in total. The molecule has 0 fully saturated rings. The van der Waals surface area contributed by atoms with Crippen molar-refractivity contribution in [1.82, 2.24) is 5.43 Å². The molecule has 0 aromatic heterocycles. The minimum absolute atomic E-state index is 0.175. The average Bonchev–Trinajstić information content (AvgIpc) is 2.48. The van der Waals surface area contributed by atoms with Crippen molar-refractivity contribution in [3.8, 4) is 11.5 Å². The third-order valence-corrected chi connectivity index (χ3v) is 4.38. The van der Waals surface area contributed by atoms with Crippen LogP contribution in [0.5, 0.6) is 11.5 Å². The molecule has 1 heterocycles. The van der Waals surface area contributed by atoms with Crippen molar-refractivity contribution in [3.63, 3.8) is 0 Å². The van der Waals surface area contributed by atoms with Gasteiger partial charge in [-0.3, -0.25) is 4.79 Å². The number of methoxy groups -OCH3 is 1. The maximum absolute atomic E-state index is 11.1. The number of amides is 1. The second-order valence-electron chi connectivity index (χ2n) is 3.92. The lowest BCUT2D eigenvalue weighted by Crippen LogP contribution is -2.23. The summed E-state index contributed by atoms with van der Waals surface area (Å²) in [7, 11) is 1.51. The van der Waals surface area contributed by atoms with Gasteiger partial charge in [-0.05, 0) is 18.2 Å². The first-order chi connectivity index (χ1) is 10.0. The summed E-state index contributed by atoms with van der Waals surface area (Å²) in [5.74, 6) is 1.37. The van der Waals surface area contributed by atoms with Crippen LogP contribution < -0.4 is 14.9 Å². The SMILES string of the molecule is COc1cc(C2=NNC(=O)SC2)ccc1OC(Cl)C(Cl)Cl. The summed E-state index contributed by atoms with van der Waals surface area (Å²) in [5.41, 5.74) is 3.07. The first-order valence-corrected chi connectivity index (χ1v) is 8.07. The van der Waals surface area contributed by atoms with Crippen LogP contribution in [0.25, 0.3) is 0 Å². The highest BCUT2D eigenvalue weighted by atomic mass is 35.5. The molecule has 1 aliphatic heterocycles. The van der Waals surface area contributed by atoms with Gasteiger partial charge in [0.05, 0.1) is 12.8 Å². The van der Waals surface area contributed by atoms with Crippen molar-refractivity contribution < 1.29 is 14.3 Å². The summed E-state index contributed by atoms with van der Waals surface area (Å²) in [4.78, 5) is 10.2. The number of alkyl halides is 3. The number of ether oxygens (including phenoxy) is 2. The zero-order valence-electron chi connectivity index (χ0n) is 10.8. The number of rotatable bonds is 5. The van der Waals surface area contributed by atoms with Gasteiger partial charge in [0.2, 0.25) is 5.56 Å². The first-order valence-electron chi connectivity index (χ1n) is 5.78. The highest BCUT2D eigenvalue weighted by molar-refractivity contribution is 8.14. The Labute approximate surface area is 140 Å². The number of hydrogen-bond acceptors (Lipinski definition) is 5. The zero-order chi connectivity index (χ0) is 15.4. The predicted molar refractivity (Wildman–Crippen MR) is 86.3 cm³/mol. The molecule has 1 aliphatic rings. The fourth-order valence-electron chi connectivity index (χ4n) is 1.58. The van der Waals surface area contributed by atoms with E-state index in [-0.39, 0.29) is 5.24 Å². The third-order valence-electron chi connectivity index (χ3n) is 2.56. The van der Waals surface area contributed by atoms with E-state index < -0.39 is 10.4 Å². The molecule has 5 nitrogen and oxygen atoms in total. The number of hydrogen-bond donors (Lipinski definition) is 1. The van der Waals surface area contributed by atoms with Gasteiger partial charge in [-0.25, -0.2) is 5.43 Å². The molecule has 0 spiro atoms. The van der Waals surface area contributed by atoms with Gasteiger partial charge in [0.1, 0.15) is 0 Å². The lowest BCUT2D eigenvalue weighted by molar-refractivity contribution is 0.261. The van der Waals surface area contributed by atoms with Gasteiger partial charge in [-0.1, -0.05) is 46.6 Å². The molecule has 9 heteroatoms. The summed E-state index contributed by atoms with van der Waals surface area (Å²) >= 11 is 18.3. The van der Waals surface area contributed by atoms with Crippen molar-refractivity contribution in [1.29, 1.82) is 0 Å². The number of hydrazone groups is 1. The minimum atomic E-state index is -0.894. The van der Waals surface area contributed by atoms with E-state index >= 15 is 0 Å². The van der Waals surface area contributed by atoms with Gasteiger partial charge in [-0.15, -0.1) is 0 Å². The molecule has 1 unspecified atom stereocenters. The van der Waals surface area contributed by atoms with Gasteiger partial charge in [0, 0.05) is 11.3 Å². The van der Waals surface area contributed by atoms with Crippen LogP contribution in [-0.2, 0) is 0 Å². The van der Waals surface area contributed by atoms with E-state index in [9.17, 15) is 4.79 Å². The molecule has 0 radical (unpaired) electrons. The predicted octanol–water partition coefficient (Wildman–Crippen LogP) is 3.60. The van der Waals surface area contributed by atoms with Crippen LogP contribution in [0.2, 0.25) is 0 Å². The van der Waals surface area contributed by atoms with Crippen LogP contribution in [0, 0.1) is 0 Å². The molecular formula is C12H11Cl3N2O3S. The molecule has 1 aromatic rings. The molecule has 21 heavy (non-hydrogen) atoms. The van der Waals surface area contributed by atoms with E-state index in [1.807, 2.05) is 0 Å². The van der Waals surface area contributed by atoms with Gasteiger partial charge in [0.15, 0.2) is 16.3 Å². The zero-order valence-corrected chi connectivity index (χ0v) is 13.9. The smallest absolute Gasteiger partial charge is 0.299 e. The van der Waals surface area contributed by atoms with Crippen LogP contribution in [0.3, 0.4) is 0 Å². The van der Waals surface area contributed by atoms with Crippen LogP contribution in [0.1, 0.15) is 5.56 Å². The Morgan fingerprint density at radius 2 is 2.10 bits per heavy atom. The fourth-order valence-corrected chi connectivity index (χ4v) is 2.38. The van der Waals surface area contributed by atoms with Crippen LogP contribution in [0.15, 0.2) is 23.3 Å². The number of nitrogens with zero attached hydrogens (tertiary/aromatic N) is 1. The summed E-state index contributed by atoms with van der Waals surface area (Å²) < 4.78 is 10.7. The molecule has 1 amide bonds. The largest absolute Gasteiger partial charge is 0.493 e. The molecule has 114 valence electrons. The fraction of sp³-hybridized carbons (Fsp3) is 0.333. The second kappa shape index (κ2) is 7.45. The average molecular weight is 370 g/mol. The molecule has 2 rings (SSSR count). The Kier molecular flexibility index (Phi) is 5.87. The summed E-state index contributed by atoms with van der Waals surface area (Å²) in [5, 5.41) is 3.83. The number of carbonyl (C=O) groups excluding carboxylic acids is 1. The van der Waals surface area contributed by atoms with E-state index in [0.29, 0.717) is 17.3 Å². The van der Waals surface area contributed by atoms with E-state index in [2.05, 4.69) is 10.5 Å². The van der Waals surface area contributed by atoms with Crippen LogP contribution in [0.4, 0.5) is 4.79 Å². The van der Waals surface area contributed by atoms with Gasteiger partial charge >= 0.3 is 0 Å². The molecule has 1 atom stereocenters. The van der Waals surface area contributed by atoms with Gasteiger partial charge in [-0.2, -0.15) is 5.10 Å². The van der Waals surface area contributed by atoms with Crippen molar-refractivity contribution in [2.75, 3.05) is 12.9 Å². The highest BCUT2D eigenvalue weighted by Gasteiger charge is 2.19. The molecular weight excluding hydrogens is 359 g/mol. The summed E-state index contributed by atoms with van der Waals surface area (Å²) in [6.45, 7) is 0. The Hall–Kier alpha value is -0.820. The number of thioether (sulfide) groups is 1. The van der Waals surface area contributed by atoms with E-state index in [1.165, 1.54) is 7.11 Å². The monoisotopic (exact) mass is 368 g/mol. The molecule has 0 saturated carbocycles. The molecule has 0 aliphatic carbocycles. The van der Waals surface area contributed by atoms with Gasteiger partial charge in [0.25, 0.3) is 5.24 Å². The standard InChI is InChI=1S/C12H11Cl3N2O3S/c1-19-9-4-6(7-5-21-12(18)17-16-7)2-3-8(9)20-11(15)10(13)14/h2-4,10-11H,5H2,1H3,(H,17,18). The van der Waals surface area contributed by atoms with Crippen molar-refractivity contribution in [2.24, 2.45) is 5.10 Å². The molecule has 0 bridgehead atoms.